The molecule has 1 saturated heterocycles. The van der Waals surface area contributed by atoms with Crippen LogP contribution < -0.4 is 5.32 Å². The molecule has 1 unspecified atom stereocenters. The molecule has 4 nitrogen and oxygen atoms in total. The van der Waals surface area contributed by atoms with Crippen LogP contribution in [0.1, 0.15) is 72.6 Å². The number of rotatable bonds is 3. The van der Waals surface area contributed by atoms with Gasteiger partial charge in [-0.05, 0) is 73.3 Å². The molecule has 7 heteroatoms. The van der Waals surface area contributed by atoms with Crippen LogP contribution in [-0.2, 0) is 10.9 Å². The van der Waals surface area contributed by atoms with Gasteiger partial charge in [0.15, 0.2) is 0 Å². The maximum Gasteiger partial charge on any atom is 0.418 e. The van der Waals surface area contributed by atoms with Crippen LogP contribution in [0.15, 0.2) is 18.2 Å². The Morgan fingerprint density at radius 2 is 1.93 bits per heavy atom. The van der Waals surface area contributed by atoms with Gasteiger partial charge >= 0.3 is 6.18 Å². The summed E-state index contributed by atoms with van der Waals surface area (Å²) in [6.07, 6.45) is -1.06. The number of aromatic nitrogens is 1. The zero-order chi connectivity index (χ0) is 21.7. The summed E-state index contributed by atoms with van der Waals surface area (Å²) in [4.78, 5) is 17.0. The van der Waals surface area contributed by atoms with Gasteiger partial charge in [0.2, 0.25) is 0 Å². The van der Waals surface area contributed by atoms with E-state index in [2.05, 4.69) is 24.1 Å². The molecule has 1 N–H and O–H groups in total. The first-order valence-electron chi connectivity index (χ1n) is 10.4. The first-order valence-corrected chi connectivity index (χ1v) is 10.4. The number of nitrogens with one attached hydrogen (secondary N) is 1. The Morgan fingerprint density at radius 3 is 2.60 bits per heavy atom. The summed E-state index contributed by atoms with van der Waals surface area (Å²) in [6.45, 7) is 6.96. The molecule has 1 aromatic carbocycles. The van der Waals surface area contributed by atoms with Crippen LogP contribution in [0.4, 0.5) is 13.2 Å². The summed E-state index contributed by atoms with van der Waals surface area (Å²) in [5, 5.41) is 3.36. The van der Waals surface area contributed by atoms with Crippen molar-refractivity contribution in [3.05, 3.63) is 40.6 Å². The number of fused-ring (bicyclic) bond motifs is 1. The summed E-state index contributed by atoms with van der Waals surface area (Å²) < 4.78 is 47.0. The number of nitrogens with zero attached hydrogens (tertiary/aromatic N) is 1. The maximum absolute atomic E-state index is 13.8. The van der Waals surface area contributed by atoms with Gasteiger partial charge in [0.05, 0.1) is 30.3 Å². The zero-order valence-corrected chi connectivity index (χ0v) is 17.5. The normalized spacial score (nSPS) is 22.0. The monoisotopic (exact) mass is 420 g/mol. The zero-order valence-electron chi connectivity index (χ0n) is 17.5. The molecule has 162 valence electrons. The lowest BCUT2D eigenvalue weighted by Gasteiger charge is -2.20. The van der Waals surface area contributed by atoms with Crippen molar-refractivity contribution < 1.29 is 22.7 Å². The standard InChI is InChI=1S/C23H27F3N2O2/c1-13-8-19(21(29)27-16-6-7-22(2,3)12-30-11-16)28-20-17(13)9-15(14-4-5-14)10-18(20)23(24,25)26/h8-10,14,16H,4-7,11-12H2,1-3H3,(H,27,29). The molecule has 2 aliphatic rings. The van der Waals surface area contributed by atoms with Gasteiger partial charge in [-0.25, -0.2) is 4.98 Å². The van der Waals surface area contributed by atoms with Gasteiger partial charge in [0, 0.05) is 5.39 Å². The minimum atomic E-state index is -4.53. The average Bonchev–Trinajstić information content (AvgIpc) is 3.49. The summed E-state index contributed by atoms with van der Waals surface area (Å²) in [7, 11) is 0. The highest BCUT2D eigenvalue weighted by Crippen LogP contribution is 2.44. The fraction of sp³-hybridized carbons (Fsp3) is 0.565. The van der Waals surface area contributed by atoms with Crippen LogP contribution in [-0.4, -0.2) is 30.1 Å². The van der Waals surface area contributed by atoms with Crippen LogP contribution in [0.3, 0.4) is 0 Å². The molecule has 2 heterocycles. The minimum absolute atomic E-state index is 0.00757. The van der Waals surface area contributed by atoms with Crippen molar-refractivity contribution in [3.8, 4) is 0 Å². The van der Waals surface area contributed by atoms with Crippen LogP contribution in [0.25, 0.3) is 10.9 Å². The van der Waals surface area contributed by atoms with E-state index >= 15 is 0 Å². The molecule has 0 spiro atoms. The molecule has 30 heavy (non-hydrogen) atoms. The van der Waals surface area contributed by atoms with Gasteiger partial charge in [-0.15, -0.1) is 0 Å². The Balaban J connectivity index is 1.66. The van der Waals surface area contributed by atoms with Crippen molar-refractivity contribution in [1.29, 1.82) is 0 Å². The van der Waals surface area contributed by atoms with Crippen LogP contribution in [0.2, 0.25) is 0 Å². The topological polar surface area (TPSA) is 51.2 Å². The van der Waals surface area contributed by atoms with E-state index in [-0.39, 0.29) is 28.6 Å². The van der Waals surface area contributed by atoms with E-state index in [1.165, 1.54) is 6.07 Å². The predicted octanol–water partition coefficient (Wildman–Crippen LogP) is 5.37. The van der Waals surface area contributed by atoms with Crippen molar-refractivity contribution in [1.82, 2.24) is 10.3 Å². The molecular formula is C23H27F3N2O2. The lowest BCUT2D eigenvalue weighted by Crippen LogP contribution is -2.38. The van der Waals surface area contributed by atoms with E-state index in [4.69, 9.17) is 4.74 Å². The molecule has 1 atom stereocenters. The van der Waals surface area contributed by atoms with Gasteiger partial charge in [0.25, 0.3) is 5.91 Å². The minimum Gasteiger partial charge on any atom is -0.379 e. The number of benzene rings is 1. The Hall–Kier alpha value is -2.15. The second kappa shape index (κ2) is 7.52. The highest BCUT2D eigenvalue weighted by atomic mass is 19.4. The van der Waals surface area contributed by atoms with Crippen molar-refractivity contribution in [3.63, 3.8) is 0 Å². The molecule has 1 amide bonds. The fourth-order valence-corrected chi connectivity index (χ4v) is 4.07. The number of halogens is 3. The lowest BCUT2D eigenvalue weighted by atomic mass is 9.88. The van der Waals surface area contributed by atoms with Gasteiger partial charge < -0.3 is 10.1 Å². The predicted molar refractivity (Wildman–Crippen MR) is 109 cm³/mol. The van der Waals surface area contributed by atoms with E-state index in [0.717, 1.165) is 25.7 Å². The number of amides is 1. The molecule has 4 rings (SSSR count). The summed E-state index contributed by atoms with van der Waals surface area (Å²) in [5.74, 6) is -0.273. The maximum atomic E-state index is 13.8. The van der Waals surface area contributed by atoms with Gasteiger partial charge in [-0.2, -0.15) is 13.2 Å². The Morgan fingerprint density at radius 1 is 1.20 bits per heavy atom. The quantitative estimate of drug-likeness (QED) is 0.726. The van der Waals surface area contributed by atoms with Crippen LogP contribution in [0, 0.1) is 12.3 Å². The SMILES string of the molecule is Cc1cc(C(=O)NC2CCC(C)(C)COC2)nc2c(C(F)(F)F)cc(C3CC3)cc12. The molecule has 0 radical (unpaired) electrons. The first-order chi connectivity index (χ1) is 14.0. The smallest absolute Gasteiger partial charge is 0.379 e. The number of hydrogen-bond acceptors (Lipinski definition) is 3. The Bertz CT molecular complexity index is 981. The summed E-state index contributed by atoms with van der Waals surface area (Å²) in [6, 6.07) is 4.40. The number of carbonyl (C=O) groups is 1. The molecule has 1 aliphatic heterocycles. The average molecular weight is 420 g/mol. The molecule has 2 fully saturated rings. The molecule has 0 bridgehead atoms. The van der Waals surface area contributed by atoms with E-state index in [0.29, 0.717) is 29.7 Å². The highest BCUT2D eigenvalue weighted by Gasteiger charge is 2.36. The third-order valence-electron chi connectivity index (χ3n) is 6.05. The molecule has 1 saturated carbocycles. The summed E-state index contributed by atoms with van der Waals surface area (Å²) >= 11 is 0. The third-order valence-corrected chi connectivity index (χ3v) is 6.05. The number of ether oxygens (including phenoxy) is 1. The molecule has 1 aliphatic carbocycles. The lowest BCUT2D eigenvalue weighted by molar-refractivity contribution is -0.136. The number of hydrogen-bond donors (Lipinski definition) is 1. The molecular weight excluding hydrogens is 393 g/mol. The van der Waals surface area contributed by atoms with Crippen LogP contribution in [0.5, 0.6) is 0 Å². The summed E-state index contributed by atoms with van der Waals surface area (Å²) in [5.41, 5.74) is 0.451. The van der Waals surface area contributed by atoms with Crippen molar-refractivity contribution >= 4 is 16.8 Å². The van der Waals surface area contributed by atoms with E-state index in [1.54, 1.807) is 19.1 Å². The van der Waals surface area contributed by atoms with Crippen molar-refractivity contribution in [2.75, 3.05) is 13.2 Å². The van der Waals surface area contributed by atoms with E-state index < -0.39 is 17.6 Å². The number of carbonyl (C=O) groups excluding carboxylic acids is 1. The molecule has 1 aromatic heterocycles. The van der Waals surface area contributed by atoms with E-state index in [1.807, 2.05) is 0 Å². The van der Waals surface area contributed by atoms with Crippen molar-refractivity contribution in [2.24, 2.45) is 5.41 Å². The molecule has 2 aromatic rings. The first kappa shape index (κ1) is 21.1. The fourth-order valence-electron chi connectivity index (χ4n) is 4.07. The number of pyridine rings is 1. The van der Waals surface area contributed by atoms with E-state index in [9.17, 15) is 18.0 Å². The van der Waals surface area contributed by atoms with Gasteiger partial charge in [0.1, 0.15) is 5.69 Å². The van der Waals surface area contributed by atoms with Crippen molar-refractivity contribution in [2.45, 2.75) is 64.6 Å². The van der Waals surface area contributed by atoms with Gasteiger partial charge in [-0.3, -0.25) is 4.79 Å². The van der Waals surface area contributed by atoms with Gasteiger partial charge in [-0.1, -0.05) is 13.8 Å². The second-order valence-electron chi connectivity index (χ2n) is 9.45. The Kier molecular flexibility index (Phi) is 5.29. The number of alkyl halides is 3. The highest BCUT2D eigenvalue weighted by molar-refractivity contribution is 5.97. The second-order valence-corrected chi connectivity index (χ2v) is 9.45. The third kappa shape index (κ3) is 4.46. The number of aryl methyl sites for hydroxylation is 1. The largest absolute Gasteiger partial charge is 0.418 e. The Labute approximate surface area is 174 Å². The van der Waals surface area contributed by atoms with Crippen LogP contribution >= 0.6 is 0 Å².